The summed E-state index contributed by atoms with van der Waals surface area (Å²) in [7, 11) is 0. The summed E-state index contributed by atoms with van der Waals surface area (Å²) < 4.78 is 5.61. The number of nitrogens with one attached hydrogen (secondary N) is 1. The molecule has 2 aromatic rings. The Labute approximate surface area is 151 Å². The number of fused-ring (bicyclic) bond motifs is 3. The SMILES string of the molecule is CC(C)(C)OC(=O)N1C2CCC1CC(Sc1ncnc3[nH]ccc13)C2. The zero-order chi connectivity index (χ0) is 17.6. The fraction of sp³-hybridized carbons (Fsp3) is 0.611. The minimum absolute atomic E-state index is 0.154. The van der Waals surface area contributed by atoms with E-state index in [1.807, 2.05) is 49.7 Å². The summed E-state index contributed by atoms with van der Waals surface area (Å²) in [6.45, 7) is 5.77. The average molecular weight is 360 g/mol. The molecule has 2 saturated heterocycles. The van der Waals surface area contributed by atoms with Crippen LogP contribution in [-0.2, 0) is 4.74 Å². The molecule has 25 heavy (non-hydrogen) atoms. The summed E-state index contributed by atoms with van der Waals surface area (Å²) in [6, 6.07) is 2.60. The maximum atomic E-state index is 12.6. The van der Waals surface area contributed by atoms with E-state index in [1.165, 1.54) is 0 Å². The topological polar surface area (TPSA) is 71.1 Å². The van der Waals surface area contributed by atoms with Gasteiger partial charge in [0.15, 0.2) is 0 Å². The number of thioether (sulfide) groups is 1. The van der Waals surface area contributed by atoms with Crippen LogP contribution in [0, 0.1) is 0 Å². The van der Waals surface area contributed by atoms with E-state index < -0.39 is 5.60 Å². The van der Waals surface area contributed by atoms with Crippen LogP contribution in [0.25, 0.3) is 11.0 Å². The molecule has 0 radical (unpaired) electrons. The molecular weight excluding hydrogens is 336 g/mol. The number of ether oxygens (including phenoxy) is 1. The van der Waals surface area contributed by atoms with E-state index in [9.17, 15) is 4.79 Å². The molecule has 0 spiro atoms. The van der Waals surface area contributed by atoms with Crippen LogP contribution in [0.5, 0.6) is 0 Å². The standard InChI is InChI=1S/C18H24N4O2S/c1-18(2,3)24-17(23)22-11-4-5-12(22)9-13(8-11)25-16-14-6-7-19-15(14)20-10-21-16/h6-7,10-13H,4-5,8-9H2,1-3H3,(H,19,20,21). The Hall–Kier alpha value is -1.76. The van der Waals surface area contributed by atoms with Crippen LogP contribution in [0.3, 0.4) is 0 Å². The summed E-state index contributed by atoms with van der Waals surface area (Å²) >= 11 is 1.82. The zero-order valence-corrected chi connectivity index (χ0v) is 15.7. The van der Waals surface area contributed by atoms with E-state index >= 15 is 0 Å². The molecule has 1 amide bonds. The van der Waals surface area contributed by atoms with Gasteiger partial charge in [0, 0.05) is 23.5 Å². The molecule has 0 aliphatic carbocycles. The van der Waals surface area contributed by atoms with Crippen molar-refractivity contribution in [2.45, 2.75) is 74.4 Å². The molecule has 0 saturated carbocycles. The maximum absolute atomic E-state index is 12.6. The molecule has 6 nitrogen and oxygen atoms in total. The van der Waals surface area contributed by atoms with Crippen LogP contribution < -0.4 is 0 Å². The highest BCUT2D eigenvalue weighted by Gasteiger charge is 2.45. The van der Waals surface area contributed by atoms with Gasteiger partial charge in [0.05, 0.1) is 5.39 Å². The van der Waals surface area contributed by atoms with Crippen molar-refractivity contribution in [3.63, 3.8) is 0 Å². The van der Waals surface area contributed by atoms with Gasteiger partial charge in [0.25, 0.3) is 0 Å². The van der Waals surface area contributed by atoms with Gasteiger partial charge in [0.1, 0.15) is 22.6 Å². The molecular formula is C18H24N4O2S. The van der Waals surface area contributed by atoms with Crippen molar-refractivity contribution in [3.05, 3.63) is 18.6 Å². The molecule has 0 aromatic carbocycles. The Morgan fingerprint density at radius 3 is 2.68 bits per heavy atom. The summed E-state index contributed by atoms with van der Waals surface area (Å²) in [4.78, 5) is 26.4. The molecule has 2 bridgehead atoms. The molecule has 2 fully saturated rings. The molecule has 4 rings (SSSR count). The third-order valence-corrected chi connectivity index (χ3v) is 6.16. The van der Waals surface area contributed by atoms with Gasteiger partial charge >= 0.3 is 6.09 Å². The smallest absolute Gasteiger partial charge is 0.410 e. The number of aromatic nitrogens is 3. The molecule has 2 atom stereocenters. The summed E-state index contributed by atoms with van der Waals surface area (Å²) in [5.41, 5.74) is 0.440. The number of H-pyrrole nitrogens is 1. The van der Waals surface area contributed by atoms with Gasteiger partial charge in [-0.1, -0.05) is 0 Å². The first-order valence-electron chi connectivity index (χ1n) is 8.87. The average Bonchev–Trinajstić information content (AvgIpc) is 3.09. The first-order chi connectivity index (χ1) is 11.9. The van der Waals surface area contributed by atoms with Gasteiger partial charge in [-0.05, 0) is 52.5 Å². The van der Waals surface area contributed by atoms with E-state index in [-0.39, 0.29) is 18.2 Å². The Morgan fingerprint density at radius 2 is 2.00 bits per heavy atom. The summed E-state index contributed by atoms with van der Waals surface area (Å²) in [6.07, 6.45) is 7.50. The number of nitrogens with zero attached hydrogens (tertiary/aromatic N) is 3. The quantitative estimate of drug-likeness (QED) is 0.820. The lowest BCUT2D eigenvalue weighted by Crippen LogP contribution is -2.49. The Kier molecular flexibility index (Phi) is 4.14. The normalized spacial score (nSPS) is 26.2. The predicted molar refractivity (Wildman–Crippen MR) is 97.7 cm³/mol. The van der Waals surface area contributed by atoms with Crippen LogP contribution >= 0.6 is 11.8 Å². The Morgan fingerprint density at radius 1 is 1.28 bits per heavy atom. The molecule has 2 aliphatic rings. The van der Waals surface area contributed by atoms with Gasteiger partial charge in [0.2, 0.25) is 0 Å². The number of carbonyl (C=O) groups is 1. The largest absolute Gasteiger partial charge is 0.444 e. The lowest BCUT2D eigenvalue weighted by Gasteiger charge is -2.39. The molecule has 1 N–H and O–H groups in total. The number of aromatic amines is 1. The first-order valence-corrected chi connectivity index (χ1v) is 9.75. The van der Waals surface area contributed by atoms with Crippen LogP contribution in [-0.4, -0.2) is 48.9 Å². The van der Waals surface area contributed by atoms with E-state index in [0.717, 1.165) is 41.7 Å². The molecule has 2 aromatic heterocycles. The minimum Gasteiger partial charge on any atom is -0.444 e. The van der Waals surface area contributed by atoms with Gasteiger partial charge in [-0.25, -0.2) is 14.8 Å². The molecule has 134 valence electrons. The third kappa shape index (κ3) is 3.34. The highest BCUT2D eigenvalue weighted by atomic mass is 32.2. The molecule has 2 unspecified atom stereocenters. The fourth-order valence-corrected chi connectivity index (χ4v) is 5.29. The predicted octanol–water partition coefficient (Wildman–Crippen LogP) is 3.98. The number of hydrogen-bond donors (Lipinski definition) is 1. The number of rotatable bonds is 2. The first kappa shape index (κ1) is 16.7. The van der Waals surface area contributed by atoms with Crippen molar-refractivity contribution in [2.75, 3.05) is 0 Å². The van der Waals surface area contributed by atoms with E-state index in [2.05, 4.69) is 15.0 Å². The van der Waals surface area contributed by atoms with Crippen molar-refractivity contribution >= 4 is 28.9 Å². The lowest BCUT2D eigenvalue weighted by atomic mass is 10.0. The second kappa shape index (κ2) is 6.20. The number of hydrogen-bond acceptors (Lipinski definition) is 5. The molecule has 2 aliphatic heterocycles. The van der Waals surface area contributed by atoms with Gasteiger partial charge in [-0.2, -0.15) is 0 Å². The summed E-state index contributed by atoms with van der Waals surface area (Å²) in [5.74, 6) is 0. The van der Waals surface area contributed by atoms with Crippen LogP contribution in [0.15, 0.2) is 23.6 Å². The van der Waals surface area contributed by atoms with Crippen molar-refractivity contribution in [2.24, 2.45) is 0 Å². The number of carbonyl (C=O) groups excluding carboxylic acids is 1. The lowest BCUT2D eigenvalue weighted by molar-refractivity contribution is 0.00842. The number of piperidine rings is 1. The number of amides is 1. The second-order valence-corrected chi connectivity index (χ2v) is 9.19. The van der Waals surface area contributed by atoms with Crippen LogP contribution in [0.4, 0.5) is 4.79 Å². The highest BCUT2D eigenvalue weighted by molar-refractivity contribution is 8.00. The van der Waals surface area contributed by atoms with Gasteiger partial charge in [-0.15, -0.1) is 11.8 Å². The zero-order valence-electron chi connectivity index (χ0n) is 14.9. The highest BCUT2D eigenvalue weighted by Crippen LogP contribution is 2.43. The van der Waals surface area contributed by atoms with E-state index in [4.69, 9.17) is 4.74 Å². The van der Waals surface area contributed by atoms with Crippen molar-refractivity contribution in [1.82, 2.24) is 19.9 Å². The van der Waals surface area contributed by atoms with Crippen molar-refractivity contribution in [3.8, 4) is 0 Å². The monoisotopic (exact) mass is 360 g/mol. The van der Waals surface area contributed by atoms with Crippen molar-refractivity contribution < 1.29 is 9.53 Å². The summed E-state index contributed by atoms with van der Waals surface area (Å²) in [5, 5.41) is 2.58. The van der Waals surface area contributed by atoms with Crippen LogP contribution in [0.2, 0.25) is 0 Å². The maximum Gasteiger partial charge on any atom is 0.410 e. The van der Waals surface area contributed by atoms with Gasteiger partial charge < -0.3 is 14.6 Å². The Bertz CT molecular complexity index is 771. The van der Waals surface area contributed by atoms with Crippen molar-refractivity contribution in [1.29, 1.82) is 0 Å². The van der Waals surface area contributed by atoms with E-state index in [1.54, 1.807) is 6.33 Å². The minimum atomic E-state index is -0.441. The fourth-order valence-electron chi connectivity index (χ4n) is 3.94. The second-order valence-electron chi connectivity index (χ2n) is 7.90. The Balaban J connectivity index is 1.46. The van der Waals surface area contributed by atoms with Gasteiger partial charge in [-0.3, -0.25) is 0 Å². The van der Waals surface area contributed by atoms with E-state index in [0.29, 0.717) is 5.25 Å². The molecule has 7 heteroatoms. The molecule has 4 heterocycles. The van der Waals surface area contributed by atoms with Crippen LogP contribution in [0.1, 0.15) is 46.5 Å². The third-order valence-electron chi connectivity index (χ3n) is 4.89.